The highest BCUT2D eigenvalue weighted by Crippen LogP contribution is 2.43. The van der Waals surface area contributed by atoms with Gasteiger partial charge in [0, 0.05) is 38.1 Å². The molecule has 1 amide bonds. The Morgan fingerprint density at radius 3 is 2.55 bits per heavy atom. The van der Waals surface area contributed by atoms with Gasteiger partial charge in [0.05, 0.1) is 6.61 Å². The van der Waals surface area contributed by atoms with Crippen molar-refractivity contribution < 1.29 is 19.0 Å². The van der Waals surface area contributed by atoms with Crippen LogP contribution in [0.5, 0.6) is 11.5 Å². The first-order valence-corrected chi connectivity index (χ1v) is 11.9. The van der Waals surface area contributed by atoms with E-state index in [1.165, 1.54) is 18.4 Å². The molecule has 1 aliphatic carbocycles. The number of carbonyl (C=O) groups excluding carboxylic acids is 1. The topological polar surface area (TPSA) is 84.4 Å². The minimum atomic E-state index is -0.212. The zero-order chi connectivity index (χ0) is 22.4. The second-order valence-corrected chi connectivity index (χ2v) is 8.88. The lowest BCUT2D eigenvalue weighted by molar-refractivity contribution is 0.0963. The first-order chi connectivity index (χ1) is 15.6. The Morgan fingerprint density at radius 1 is 1.18 bits per heavy atom. The molecule has 184 valence electrons. The van der Waals surface area contributed by atoms with Crippen LogP contribution < -0.4 is 20.1 Å². The van der Waals surface area contributed by atoms with Crippen molar-refractivity contribution in [2.45, 2.75) is 56.9 Å². The van der Waals surface area contributed by atoms with E-state index >= 15 is 0 Å². The summed E-state index contributed by atoms with van der Waals surface area (Å²) in [6, 6.07) is 6.71. The second-order valence-electron chi connectivity index (χ2n) is 8.88. The van der Waals surface area contributed by atoms with E-state index in [0.717, 1.165) is 49.7 Å². The van der Waals surface area contributed by atoms with Crippen molar-refractivity contribution >= 4 is 36.0 Å². The average molecular weight is 572 g/mol. The molecule has 8 nitrogen and oxygen atoms in total. The van der Waals surface area contributed by atoms with Gasteiger partial charge >= 0.3 is 6.09 Å². The fourth-order valence-corrected chi connectivity index (χ4v) is 5.05. The molecule has 2 heterocycles. The number of halogens is 1. The van der Waals surface area contributed by atoms with E-state index in [2.05, 4.69) is 27.8 Å². The van der Waals surface area contributed by atoms with Crippen molar-refractivity contribution in [2.75, 3.05) is 46.5 Å². The van der Waals surface area contributed by atoms with Crippen molar-refractivity contribution in [3.8, 4) is 11.5 Å². The molecule has 2 aliphatic heterocycles. The van der Waals surface area contributed by atoms with Gasteiger partial charge in [0.15, 0.2) is 17.5 Å². The van der Waals surface area contributed by atoms with Gasteiger partial charge in [0.1, 0.15) is 13.2 Å². The quantitative estimate of drug-likeness (QED) is 0.319. The summed E-state index contributed by atoms with van der Waals surface area (Å²) in [6.07, 6.45) is 6.31. The molecule has 2 N–H and O–H groups in total. The number of piperidine rings is 1. The Bertz CT molecular complexity index is 821. The van der Waals surface area contributed by atoms with Gasteiger partial charge in [-0.1, -0.05) is 18.9 Å². The number of ether oxygens (including phenoxy) is 3. The molecular formula is C24H37IN4O4. The number of guanidine groups is 1. The molecule has 0 atom stereocenters. The molecule has 0 bridgehead atoms. The predicted molar refractivity (Wildman–Crippen MR) is 139 cm³/mol. The minimum Gasteiger partial charge on any atom is -0.486 e. The highest BCUT2D eigenvalue weighted by Gasteiger charge is 2.37. The Hall–Kier alpha value is -1.91. The molecule has 0 spiro atoms. The number of hydrogen-bond acceptors (Lipinski definition) is 5. The molecule has 0 unspecified atom stereocenters. The molecule has 1 aromatic carbocycles. The summed E-state index contributed by atoms with van der Waals surface area (Å²) in [6.45, 7) is 5.70. The van der Waals surface area contributed by atoms with Crippen LogP contribution in [0.1, 0.15) is 51.0 Å². The van der Waals surface area contributed by atoms with Crippen molar-refractivity contribution in [3.05, 3.63) is 23.8 Å². The Morgan fingerprint density at radius 2 is 1.88 bits per heavy atom. The summed E-state index contributed by atoms with van der Waals surface area (Å²) in [5, 5.41) is 7.15. The normalized spacial score (nSPS) is 20.1. The molecule has 0 aromatic heterocycles. The Balaban J connectivity index is 0.00000306. The van der Waals surface area contributed by atoms with Gasteiger partial charge in [-0.3, -0.25) is 4.99 Å². The molecule has 4 rings (SSSR count). The largest absolute Gasteiger partial charge is 0.486 e. The molecule has 9 heteroatoms. The van der Waals surface area contributed by atoms with E-state index in [9.17, 15) is 4.79 Å². The number of likely N-dealkylation sites (tertiary alicyclic amines) is 1. The number of nitrogens with zero attached hydrogens (tertiary/aromatic N) is 2. The number of amides is 1. The van der Waals surface area contributed by atoms with Crippen molar-refractivity contribution in [1.29, 1.82) is 0 Å². The van der Waals surface area contributed by atoms with E-state index in [0.29, 0.717) is 39.0 Å². The van der Waals surface area contributed by atoms with Gasteiger partial charge in [-0.05, 0) is 50.3 Å². The Kier molecular flexibility index (Phi) is 9.34. The Labute approximate surface area is 213 Å². The van der Waals surface area contributed by atoms with E-state index < -0.39 is 0 Å². The van der Waals surface area contributed by atoms with Crippen LogP contribution in [0.3, 0.4) is 0 Å². The summed E-state index contributed by atoms with van der Waals surface area (Å²) in [5.41, 5.74) is 1.38. The monoisotopic (exact) mass is 572 g/mol. The molecule has 2 fully saturated rings. The van der Waals surface area contributed by atoms with Crippen LogP contribution in [0, 0.1) is 0 Å². The maximum Gasteiger partial charge on any atom is 0.409 e. The fourth-order valence-electron chi connectivity index (χ4n) is 5.05. The number of benzene rings is 1. The smallest absolute Gasteiger partial charge is 0.409 e. The SMILES string of the molecule is CCOC(=O)N1CCC(NC(=NC)NCC2(c3ccc4c(c3)OCCO4)CCCC2)CC1.I. The van der Waals surface area contributed by atoms with E-state index in [1.54, 1.807) is 4.90 Å². The maximum absolute atomic E-state index is 11.9. The summed E-state index contributed by atoms with van der Waals surface area (Å²) in [7, 11) is 1.81. The van der Waals surface area contributed by atoms with Crippen molar-refractivity contribution in [2.24, 2.45) is 4.99 Å². The molecule has 1 aromatic rings. The zero-order valence-corrected chi connectivity index (χ0v) is 22.1. The summed E-state index contributed by atoms with van der Waals surface area (Å²) in [4.78, 5) is 18.2. The summed E-state index contributed by atoms with van der Waals surface area (Å²) < 4.78 is 16.7. The van der Waals surface area contributed by atoms with E-state index in [1.807, 2.05) is 20.0 Å². The number of carbonyl (C=O) groups is 1. The standard InChI is InChI=1S/C24H36N4O4.HI/c1-3-30-23(29)28-12-8-19(9-13-28)27-22(25-2)26-17-24(10-4-5-11-24)18-6-7-20-21(16-18)32-15-14-31-20;/h6-7,16,19H,3-5,8-15,17H2,1-2H3,(H2,25,26,27);1H. The zero-order valence-electron chi connectivity index (χ0n) is 19.7. The van der Waals surface area contributed by atoms with Gasteiger partial charge in [0.2, 0.25) is 0 Å². The second kappa shape index (κ2) is 12.0. The highest BCUT2D eigenvalue weighted by atomic mass is 127. The predicted octanol–water partition coefficient (Wildman–Crippen LogP) is 3.67. The number of aliphatic imine (C=N–C) groups is 1. The number of nitrogens with one attached hydrogen (secondary N) is 2. The molecule has 1 saturated heterocycles. The maximum atomic E-state index is 11.9. The van der Waals surface area contributed by atoms with Crippen molar-refractivity contribution in [1.82, 2.24) is 15.5 Å². The van der Waals surface area contributed by atoms with Crippen LogP contribution in [0.15, 0.2) is 23.2 Å². The van der Waals surface area contributed by atoms with Gasteiger partial charge in [-0.25, -0.2) is 4.79 Å². The first-order valence-electron chi connectivity index (χ1n) is 11.9. The third-order valence-electron chi connectivity index (χ3n) is 6.89. The highest BCUT2D eigenvalue weighted by molar-refractivity contribution is 14.0. The first kappa shape index (κ1) is 25.7. The summed E-state index contributed by atoms with van der Waals surface area (Å²) >= 11 is 0. The summed E-state index contributed by atoms with van der Waals surface area (Å²) in [5.74, 6) is 2.52. The third-order valence-corrected chi connectivity index (χ3v) is 6.89. The number of hydrogen-bond donors (Lipinski definition) is 2. The minimum absolute atomic E-state index is 0. The molecule has 3 aliphatic rings. The lowest BCUT2D eigenvalue weighted by atomic mass is 9.78. The molecule has 33 heavy (non-hydrogen) atoms. The van der Waals surface area contributed by atoms with Crippen LogP contribution in [-0.4, -0.2) is 69.5 Å². The lowest BCUT2D eigenvalue weighted by Gasteiger charge is -2.34. The molecule has 0 radical (unpaired) electrons. The average Bonchev–Trinajstić information content (AvgIpc) is 3.32. The van der Waals surface area contributed by atoms with Gasteiger partial charge in [0.25, 0.3) is 0 Å². The van der Waals surface area contributed by atoms with E-state index in [4.69, 9.17) is 14.2 Å². The van der Waals surface area contributed by atoms with Crippen LogP contribution in [0.2, 0.25) is 0 Å². The lowest BCUT2D eigenvalue weighted by Crippen LogP contribution is -2.51. The van der Waals surface area contributed by atoms with Crippen LogP contribution in [0.25, 0.3) is 0 Å². The van der Waals surface area contributed by atoms with Crippen molar-refractivity contribution in [3.63, 3.8) is 0 Å². The number of fused-ring (bicyclic) bond motifs is 1. The molecule has 1 saturated carbocycles. The molecular weight excluding hydrogens is 535 g/mol. The van der Waals surface area contributed by atoms with Crippen LogP contribution in [-0.2, 0) is 10.2 Å². The van der Waals surface area contributed by atoms with E-state index in [-0.39, 0.29) is 35.5 Å². The fraction of sp³-hybridized carbons (Fsp3) is 0.667. The number of rotatable bonds is 5. The van der Waals surface area contributed by atoms with Gasteiger partial charge < -0.3 is 29.7 Å². The van der Waals surface area contributed by atoms with Gasteiger partial charge in [-0.2, -0.15) is 0 Å². The van der Waals surface area contributed by atoms with Crippen LogP contribution in [0.4, 0.5) is 4.79 Å². The third kappa shape index (κ3) is 6.16. The van der Waals surface area contributed by atoms with Gasteiger partial charge in [-0.15, -0.1) is 24.0 Å². The van der Waals surface area contributed by atoms with Crippen LogP contribution >= 0.6 is 24.0 Å².